The lowest BCUT2D eigenvalue weighted by molar-refractivity contribution is -0.150. The molecular weight excluding hydrogens is 266 g/mol. The Morgan fingerprint density at radius 2 is 1.76 bits per heavy atom. The molecule has 0 aliphatic rings. The van der Waals surface area contributed by atoms with Gasteiger partial charge in [-0.05, 0) is 24.0 Å². The average molecular weight is 291 g/mol. The number of para-hydroxylation sites is 1. The number of hydrogen-bond donors (Lipinski definition) is 1. The van der Waals surface area contributed by atoms with Crippen LogP contribution in [-0.2, 0) is 9.59 Å². The van der Waals surface area contributed by atoms with Crippen LogP contribution in [0.15, 0.2) is 30.3 Å². The Balaban J connectivity index is 3.13. The van der Waals surface area contributed by atoms with E-state index in [2.05, 4.69) is 0 Å². The second-order valence-electron chi connectivity index (χ2n) is 6.32. The van der Waals surface area contributed by atoms with Gasteiger partial charge in [-0.25, -0.2) is 0 Å². The van der Waals surface area contributed by atoms with Crippen molar-refractivity contribution >= 4 is 17.6 Å². The molecule has 1 rings (SSSR count). The predicted molar refractivity (Wildman–Crippen MR) is 84.3 cm³/mol. The molecule has 1 aromatic carbocycles. The van der Waals surface area contributed by atoms with E-state index in [0.717, 1.165) is 18.5 Å². The van der Waals surface area contributed by atoms with Crippen LogP contribution in [0, 0.1) is 11.3 Å². The molecule has 0 radical (unpaired) electrons. The van der Waals surface area contributed by atoms with Crippen molar-refractivity contribution in [2.24, 2.45) is 11.3 Å². The number of amides is 1. The van der Waals surface area contributed by atoms with E-state index >= 15 is 0 Å². The highest BCUT2D eigenvalue weighted by molar-refractivity contribution is 6.06. The number of rotatable bonds is 6. The molecule has 0 heterocycles. The molecule has 1 aromatic rings. The maximum Gasteiger partial charge on any atom is 0.316 e. The maximum absolute atomic E-state index is 12.8. The molecule has 1 amide bonds. The fraction of sp³-hybridized carbons (Fsp3) is 0.529. The molecule has 0 bridgehead atoms. The molecule has 116 valence electrons. The summed E-state index contributed by atoms with van der Waals surface area (Å²) >= 11 is 0. The Kier molecular flexibility index (Phi) is 5.94. The molecule has 0 saturated heterocycles. The maximum atomic E-state index is 12.8. The first-order chi connectivity index (χ1) is 9.79. The van der Waals surface area contributed by atoms with E-state index in [4.69, 9.17) is 0 Å². The number of carboxylic acids is 1. The number of unbranched alkanes of at least 4 members (excludes halogenated alkanes) is 1. The SMILES string of the molecule is CCCCN(C(=O)C(C(=O)O)C(C)(C)C)c1ccccc1. The van der Waals surface area contributed by atoms with Gasteiger partial charge in [0.1, 0.15) is 5.92 Å². The van der Waals surface area contributed by atoms with E-state index in [0.29, 0.717) is 6.54 Å². The number of benzene rings is 1. The number of carbonyl (C=O) groups excluding carboxylic acids is 1. The quantitative estimate of drug-likeness (QED) is 0.815. The van der Waals surface area contributed by atoms with E-state index < -0.39 is 17.3 Å². The third-order valence-electron chi connectivity index (χ3n) is 3.43. The number of anilines is 1. The summed E-state index contributed by atoms with van der Waals surface area (Å²) in [6.45, 7) is 7.94. The first kappa shape index (κ1) is 17.2. The van der Waals surface area contributed by atoms with Gasteiger partial charge >= 0.3 is 5.97 Å². The number of carbonyl (C=O) groups is 2. The predicted octanol–water partition coefficient (Wildman–Crippen LogP) is 3.57. The number of hydrogen-bond acceptors (Lipinski definition) is 2. The molecule has 0 aliphatic carbocycles. The standard InChI is InChI=1S/C17H25NO3/c1-5-6-12-18(13-10-8-7-9-11-13)15(19)14(16(20)21)17(2,3)4/h7-11,14H,5-6,12H2,1-4H3,(H,20,21). The van der Waals surface area contributed by atoms with Gasteiger partial charge in [-0.1, -0.05) is 52.3 Å². The van der Waals surface area contributed by atoms with Crippen molar-refractivity contribution in [1.29, 1.82) is 0 Å². The fourth-order valence-corrected chi connectivity index (χ4v) is 2.29. The Bertz CT molecular complexity index is 477. The molecular formula is C17H25NO3. The minimum atomic E-state index is -1.06. The van der Waals surface area contributed by atoms with Gasteiger partial charge in [0.15, 0.2) is 0 Å². The monoisotopic (exact) mass is 291 g/mol. The van der Waals surface area contributed by atoms with E-state index in [9.17, 15) is 14.7 Å². The zero-order valence-corrected chi connectivity index (χ0v) is 13.3. The van der Waals surface area contributed by atoms with Crippen molar-refractivity contribution in [3.63, 3.8) is 0 Å². The molecule has 0 aliphatic heterocycles. The molecule has 0 aromatic heterocycles. The van der Waals surface area contributed by atoms with Gasteiger partial charge in [0, 0.05) is 12.2 Å². The molecule has 1 N–H and O–H groups in total. The summed E-state index contributed by atoms with van der Waals surface area (Å²) in [6.07, 6.45) is 1.79. The molecule has 1 atom stereocenters. The van der Waals surface area contributed by atoms with E-state index in [1.165, 1.54) is 0 Å². The largest absolute Gasteiger partial charge is 0.481 e. The van der Waals surface area contributed by atoms with E-state index in [1.807, 2.05) is 37.3 Å². The van der Waals surface area contributed by atoms with Crippen molar-refractivity contribution in [3.8, 4) is 0 Å². The summed E-state index contributed by atoms with van der Waals surface area (Å²) in [5, 5.41) is 9.45. The fourth-order valence-electron chi connectivity index (χ4n) is 2.29. The highest BCUT2D eigenvalue weighted by atomic mass is 16.4. The summed E-state index contributed by atoms with van der Waals surface area (Å²) in [5.41, 5.74) is 0.133. The van der Waals surface area contributed by atoms with Gasteiger partial charge in [0.25, 0.3) is 0 Å². The van der Waals surface area contributed by atoms with Crippen molar-refractivity contribution in [1.82, 2.24) is 0 Å². The molecule has 0 saturated carbocycles. The van der Waals surface area contributed by atoms with Crippen LogP contribution in [0.4, 0.5) is 5.69 Å². The zero-order valence-electron chi connectivity index (χ0n) is 13.3. The number of carboxylic acid groups (broad SMARTS) is 1. The zero-order chi connectivity index (χ0) is 16.0. The van der Waals surface area contributed by atoms with Crippen LogP contribution in [0.25, 0.3) is 0 Å². The highest BCUT2D eigenvalue weighted by Crippen LogP contribution is 2.30. The molecule has 0 spiro atoms. The second kappa shape index (κ2) is 7.25. The first-order valence-electron chi connectivity index (χ1n) is 7.38. The second-order valence-corrected chi connectivity index (χ2v) is 6.32. The third kappa shape index (κ3) is 4.59. The Morgan fingerprint density at radius 3 is 2.19 bits per heavy atom. The lowest BCUT2D eigenvalue weighted by Crippen LogP contribution is -2.45. The highest BCUT2D eigenvalue weighted by Gasteiger charge is 2.40. The lowest BCUT2D eigenvalue weighted by Gasteiger charge is -2.32. The molecule has 4 nitrogen and oxygen atoms in total. The normalized spacial score (nSPS) is 12.8. The van der Waals surface area contributed by atoms with Gasteiger partial charge in [0.05, 0.1) is 0 Å². The van der Waals surface area contributed by atoms with Gasteiger partial charge in [-0.15, -0.1) is 0 Å². The van der Waals surface area contributed by atoms with E-state index in [-0.39, 0.29) is 5.91 Å². The molecule has 4 heteroatoms. The van der Waals surface area contributed by atoms with Crippen molar-refractivity contribution in [3.05, 3.63) is 30.3 Å². The van der Waals surface area contributed by atoms with Crippen LogP contribution in [0.3, 0.4) is 0 Å². The van der Waals surface area contributed by atoms with Gasteiger partial charge < -0.3 is 10.0 Å². The number of aliphatic carboxylic acids is 1. The first-order valence-corrected chi connectivity index (χ1v) is 7.38. The van der Waals surface area contributed by atoms with Crippen LogP contribution in [0.1, 0.15) is 40.5 Å². The Hall–Kier alpha value is -1.84. The third-order valence-corrected chi connectivity index (χ3v) is 3.43. The summed E-state index contributed by atoms with van der Waals surface area (Å²) in [7, 11) is 0. The topological polar surface area (TPSA) is 57.6 Å². The Morgan fingerprint density at radius 1 is 1.19 bits per heavy atom. The van der Waals surface area contributed by atoms with Crippen LogP contribution in [-0.4, -0.2) is 23.5 Å². The summed E-state index contributed by atoms with van der Waals surface area (Å²) in [6, 6.07) is 9.28. The van der Waals surface area contributed by atoms with Crippen molar-refractivity contribution in [2.45, 2.75) is 40.5 Å². The van der Waals surface area contributed by atoms with Crippen LogP contribution in [0.2, 0.25) is 0 Å². The van der Waals surface area contributed by atoms with Crippen LogP contribution < -0.4 is 4.90 Å². The summed E-state index contributed by atoms with van der Waals surface area (Å²) in [4.78, 5) is 25.9. The van der Waals surface area contributed by atoms with Gasteiger partial charge in [-0.2, -0.15) is 0 Å². The van der Waals surface area contributed by atoms with Crippen LogP contribution >= 0.6 is 0 Å². The van der Waals surface area contributed by atoms with Crippen molar-refractivity contribution in [2.75, 3.05) is 11.4 Å². The summed E-state index contributed by atoms with van der Waals surface area (Å²) < 4.78 is 0. The van der Waals surface area contributed by atoms with Crippen molar-refractivity contribution < 1.29 is 14.7 Å². The smallest absolute Gasteiger partial charge is 0.316 e. The molecule has 0 fully saturated rings. The lowest BCUT2D eigenvalue weighted by atomic mass is 9.79. The minimum absolute atomic E-state index is 0.338. The van der Waals surface area contributed by atoms with Gasteiger partial charge in [-0.3, -0.25) is 9.59 Å². The molecule has 1 unspecified atom stereocenters. The minimum Gasteiger partial charge on any atom is -0.481 e. The number of nitrogens with zero attached hydrogens (tertiary/aromatic N) is 1. The van der Waals surface area contributed by atoms with Gasteiger partial charge in [0.2, 0.25) is 5.91 Å². The Labute approximate surface area is 126 Å². The van der Waals surface area contributed by atoms with E-state index in [1.54, 1.807) is 25.7 Å². The summed E-state index contributed by atoms with van der Waals surface area (Å²) in [5.74, 6) is -2.45. The van der Waals surface area contributed by atoms with Crippen LogP contribution in [0.5, 0.6) is 0 Å². The molecule has 21 heavy (non-hydrogen) atoms. The average Bonchev–Trinajstić information content (AvgIpc) is 2.38.